The lowest BCUT2D eigenvalue weighted by Gasteiger charge is -2.16. The Labute approximate surface area is 202 Å². The van der Waals surface area contributed by atoms with E-state index in [2.05, 4.69) is 10.6 Å². The van der Waals surface area contributed by atoms with Gasteiger partial charge in [-0.05, 0) is 41.3 Å². The van der Waals surface area contributed by atoms with E-state index < -0.39 is 29.9 Å². The third-order valence-electron chi connectivity index (χ3n) is 5.41. The van der Waals surface area contributed by atoms with Crippen molar-refractivity contribution in [2.45, 2.75) is 32.0 Å². The Morgan fingerprint density at radius 1 is 0.882 bits per heavy atom. The largest absolute Gasteiger partial charge is 0.480 e. The predicted octanol–water partition coefficient (Wildman–Crippen LogP) is 4.00. The Balaban J connectivity index is 1.72. The minimum Gasteiger partial charge on any atom is -0.480 e. The van der Waals surface area contributed by atoms with Gasteiger partial charge in [-0.25, -0.2) is 4.79 Å². The number of hydrogen-bond donors (Lipinski definition) is 4. The lowest BCUT2D eigenvalue weighted by molar-refractivity contribution is -0.140. The summed E-state index contributed by atoms with van der Waals surface area (Å²) in [6.07, 6.45) is 0.102. The van der Waals surface area contributed by atoms with Crippen molar-refractivity contribution in [3.05, 3.63) is 94.5 Å². The molecule has 4 N–H and O–H groups in total. The topological polar surface area (TPSA) is 116 Å². The van der Waals surface area contributed by atoms with Gasteiger partial charge in [0.05, 0.1) is 10.6 Å². The Kier molecular flexibility index (Phi) is 8.40. The lowest BCUT2D eigenvalue weighted by Crippen LogP contribution is -2.42. The number of amides is 1. The van der Waals surface area contributed by atoms with Crippen LogP contribution in [-0.4, -0.2) is 40.1 Å². The first-order valence-corrected chi connectivity index (χ1v) is 11.1. The molecule has 3 rings (SSSR count). The first-order chi connectivity index (χ1) is 16.3. The molecule has 2 atom stereocenters. The molecule has 3 aromatic rings. The summed E-state index contributed by atoms with van der Waals surface area (Å²) in [5.41, 5.74) is 3.76. The summed E-state index contributed by atoms with van der Waals surface area (Å²) < 4.78 is 0. The quantitative estimate of drug-likeness (QED) is 0.348. The normalized spacial score (nSPS) is 12.5. The van der Waals surface area contributed by atoms with Crippen molar-refractivity contribution in [1.82, 2.24) is 10.6 Å². The van der Waals surface area contributed by atoms with E-state index in [0.717, 1.165) is 22.3 Å². The van der Waals surface area contributed by atoms with Crippen LogP contribution in [0, 0.1) is 0 Å². The zero-order chi connectivity index (χ0) is 24.7. The van der Waals surface area contributed by atoms with Gasteiger partial charge in [-0.1, -0.05) is 72.3 Å². The van der Waals surface area contributed by atoms with Crippen LogP contribution >= 0.6 is 11.6 Å². The van der Waals surface area contributed by atoms with Crippen LogP contribution < -0.4 is 10.6 Å². The summed E-state index contributed by atoms with van der Waals surface area (Å²) in [6, 6.07) is 19.7. The van der Waals surface area contributed by atoms with Gasteiger partial charge >= 0.3 is 11.9 Å². The molecule has 7 nitrogen and oxygen atoms in total. The Bertz CT molecular complexity index is 1180. The molecule has 0 saturated carbocycles. The van der Waals surface area contributed by atoms with E-state index in [1.165, 1.54) is 6.07 Å². The van der Waals surface area contributed by atoms with Crippen molar-refractivity contribution in [2.75, 3.05) is 0 Å². The molecule has 0 aliphatic rings. The summed E-state index contributed by atoms with van der Waals surface area (Å²) in [5.74, 6) is -2.61. The molecule has 0 saturated heterocycles. The molecular weight excluding hydrogens is 456 g/mol. The number of aliphatic carboxylic acids is 2. The van der Waals surface area contributed by atoms with Crippen LogP contribution in [0.4, 0.5) is 0 Å². The highest BCUT2D eigenvalue weighted by Crippen LogP contribution is 2.25. The molecule has 0 aliphatic heterocycles. The van der Waals surface area contributed by atoms with Crippen LogP contribution in [0.3, 0.4) is 0 Å². The maximum atomic E-state index is 12.5. The van der Waals surface area contributed by atoms with Gasteiger partial charge in [-0.15, -0.1) is 0 Å². The van der Waals surface area contributed by atoms with E-state index in [4.69, 9.17) is 16.7 Å². The molecule has 34 heavy (non-hydrogen) atoms. The van der Waals surface area contributed by atoms with Crippen LogP contribution in [0.25, 0.3) is 11.1 Å². The van der Waals surface area contributed by atoms with Crippen molar-refractivity contribution >= 4 is 29.4 Å². The number of carbonyl (C=O) groups excluding carboxylic acids is 1. The number of benzene rings is 3. The van der Waals surface area contributed by atoms with Crippen molar-refractivity contribution in [3.63, 3.8) is 0 Å². The van der Waals surface area contributed by atoms with Crippen LogP contribution in [0.5, 0.6) is 0 Å². The third-order valence-corrected chi connectivity index (χ3v) is 5.74. The van der Waals surface area contributed by atoms with Crippen LogP contribution in [0.1, 0.15) is 28.4 Å². The van der Waals surface area contributed by atoms with Gasteiger partial charge in [0.2, 0.25) is 0 Å². The van der Waals surface area contributed by atoms with Crippen LogP contribution in [-0.2, 0) is 22.6 Å². The van der Waals surface area contributed by atoms with Gasteiger partial charge in [0.25, 0.3) is 5.91 Å². The molecule has 1 amide bonds. The second kappa shape index (κ2) is 11.4. The van der Waals surface area contributed by atoms with E-state index in [1.807, 2.05) is 48.5 Å². The summed E-state index contributed by atoms with van der Waals surface area (Å²) >= 11 is 6.04. The van der Waals surface area contributed by atoms with Gasteiger partial charge in [0.1, 0.15) is 12.1 Å². The van der Waals surface area contributed by atoms with E-state index in [1.54, 1.807) is 25.1 Å². The van der Waals surface area contributed by atoms with Crippen LogP contribution in [0.15, 0.2) is 72.8 Å². The molecule has 0 unspecified atom stereocenters. The average molecular weight is 481 g/mol. The predicted molar refractivity (Wildman–Crippen MR) is 130 cm³/mol. The second-order valence-electron chi connectivity index (χ2n) is 7.84. The van der Waals surface area contributed by atoms with E-state index in [0.29, 0.717) is 6.54 Å². The summed E-state index contributed by atoms with van der Waals surface area (Å²) in [5, 5.41) is 24.5. The average Bonchev–Trinajstić information content (AvgIpc) is 2.82. The van der Waals surface area contributed by atoms with E-state index >= 15 is 0 Å². The van der Waals surface area contributed by atoms with Gasteiger partial charge in [0.15, 0.2) is 0 Å². The number of carbonyl (C=O) groups is 3. The molecule has 3 aromatic carbocycles. The molecule has 0 aliphatic carbocycles. The molecule has 8 heteroatoms. The highest BCUT2D eigenvalue weighted by atomic mass is 35.5. The van der Waals surface area contributed by atoms with Crippen molar-refractivity contribution in [3.8, 4) is 11.1 Å². The molecule has 0 spiro atoms. The highest BCUT2D eigenvalue weighted by Gasteiger charge is 2.22. The summed E-state index contributed by atoms with van der Waals surface area (Å²) in [4.78, 5) is 35.3. The monoisotopic (exact) mass is 480 g/mol. The fourth-order valence-corrected chi connectivity index (χ4v) is 3.67. The standard InChI is InChI=1S/C26H25ClN2O5/c1-16(25(31)32)28-15-19-6-2-3-7-20(19)18-12-10-17(11-13-18)14-23(26(33)34)29-24(30)21-8-4-5-9-22(21)27/h2-13,16,23,28H,14-15H2,1H3,(H,29,30)(H,31,32)(H,33,34)/t16-,23+/m1/s1. The van der Waals surface area contributed by atoms with Gasteiger partial charge in [-0.2, -0.15) is 0 Å². The molecule has 0 bridgehead atoms. The summed E-state index contributed by atoms with van der Waals surface area (Å²) in [6.45, 7) is 1.98. The second-order valence-corrected chi connectivity index (χ2v) is 8.25. The fraction of sp³-hybridized carbons (Fsp3) is 0.192. The molecule has 0 radical (unpaired) electrons. The van der Waals surface area contributed by atoms with Crippen molar-refractivity contribution < 1.29 is 24.6 Å². The molecule has 0 heterocycles. The van der Waals surface area contributed by atoms with Gasteiger partial charge in [-0.3, -0.25) is 9.59 Å². The number of halogens is 1. The van der Waals surface area contributed by atoms with Crippen molar-refractivity contribution in [1.29, 1.82) is 0 Å². The lowest BCUT2D eigenvalue weighted by atomic mass is 9.97. The number of carboxylic acids is 2. The first-order valence-electron chi connectivity index (χ1n) is 10.7. The zero-order valence-corrected chi connectivity index (χ0v) is 19.3. The molecular formula is C26H25ClN2O5. The number of nitrogens with one attached hydrogen (secondary N) is 2. The Hall–Kier alpha value is -3.68. The minimum atomic E-state index is -1.14. The van der Waals surface area contributed by atoms with Gasteiger partial charge < -0.3 is 20.8 Å². The maximum Gasteiger partial charge on any atom is 0.326 e. The van der Waals surface area contributed by atoms with Crippen LogP contribution in [0.2, 0.25) is 5.02 Å². The Morgan fingerprint density at radius 3 is 2.18 bits per heavy atom. The number of carboxylic acid groups (broad SMARTS) is 2. The van der Waals surface area contributed by atoms with Gasteiger partial charge in [0, 0.05) is 13.0 Å². The molecule has 0 aromatic heterocycles. The SMILES string of the molecule is C[C@@H](NCc1ccccc1-c1ccc(C[C@H](NC(=O)c2ccccc2Cl)C(=O)O)cc1)C(=O)O. The zero-order valence-electron chi connectivity index (χ0n) is 18.5. The van der Waals surface area contributed by atoms with E-state index in [9.17, 15) is 19.5 Å². The number of hydrogen-bond acceptors (Lipinski definition) is 4. The minimum absolute atomic E-state index is 0.102. The molecule has 0 fully saturated rings. The van der Waals surface area contributed by atoms with Crippen molar-refractivity contribution in [2.24, 2.45) is 0 Å². The first kappa shape index (κ1) is 25.0. The maximum absolute atomic E-state index is 12.5. The molecule has 176 valence electrons. The highest BCUT2D eigenvalue weighted by molar-refractivity contribution is 6.33. The summed E-state index contributed by atoms with van der Waals surface area (Å²) in [7, 11) is 0. The Morgan fingerprint density at radius 2 is 1.53 bits per heavy atom. The number of rotatable bonds is 10. The fourth-order valence-electron chi connectivity index (χ4n) is 3.44. The third kappa shape index (κ3) is 6.43. The smallest absolute Gasteiger partial charge is 0.326 e. The van der Waals surface area contributed by atoms with E-state index in [-0.39, 0.29) is 17.0 Å².